The van der Waals surface area contributed by atoms with Crippen LogP contribution < -0.4 is 4.90 Å². The maximum absolute atomic E-state index is 12.1. The van der Waals surface area contributed by atoms with Crippen LogP contribution in [0.4, 0.5) is 5.82 Å². The number of sulfone groups is 1. The van der Waals surface area contributed by atoms with Crippen LogP contribution in [0.5, 0.6) is 0 Å². The Morgan fingerprint density at radius 2 is 2.12 bits per heavy atom. The van der Waals surface area contributed by atoms with E-state index in [0.29, 0.717) is 24.1 Å². The summed E-state index contributed by atoms with van der Waals surface area (Å²) in [7, 11) is -3.37. The molecule has 24 heavy (non-hydrogen) atoms. The number of hydrogen-bond donors (Lipinski definition) is 1. The smallest absolute Gasteiger partial charge is 0.180 e. The van der Waals surface area contributed by atoms with Gasteiger partial charge >= 0.3 is 0 Å². The lowest BCUT2D eigenvalue weighted by atomic mass is 9.81. The van der Waals surface area contributed by atoms with E-state index in [4.69, 9.17) is 0 Å². The van der Waals surface area contributed by atoms with Crippen molar-refractivity contribution in [3.63, 3.8) is 0 Å². The zero-order valence-corrected chi connectivity index (χ0v) is 14.7. The fourth-order valence-electron chi connectivity index (χ4n) is 3.45. The van der Waals surface area contributed by atoms with Crippen molar-refractivity contribution in [3.05, 3.63) is 29.0 Å². The van der Waals surface area contributed by atoms with Crippen LogP contribution in [-0.2, 0) is 22.8 Å². The zero-order valence-electron chi connectivity index (χ0n) is 13.9. The Kier molecular flexibility index (Phi) is 3.59. The lowest BCUT2D eigenvalue weighted by Crippen LogP contribution is -2.33. The van der Waals surface area contributed by atoms with Gasteiger partial charge in [-0.25, -0.2) is 18.4 Å². The Hall–Kier alpha value is -1.96. The van der Waals surface area contributed by atoms with Gasteiger partial charge < -0.3 is 4.90 Å². The molecule has 0 radical (unpaired) electrons. The van der Waals surface area contributed by atoms with E-state index in [1.807, 2.05) is 4.90 Å². The summed E-state index contributed by atoms with van der Waals surface area (Å²) in [6, 6.07) is 0. The van der Waals surface area contributed by atoms with Gasteiger partial charge in [0.1, 0.15) is 10.7 Å². The Balaban J connectivity index is 1.72. The Morgan fingerprint density at radius 1 is 1.33 bits per heavy atom. The fraction of sp³-hybridized carbons (Fsp3) is 0.562. The highest BCUT2D eigenvalue weighted by Crippen LogP contribution is 2.39. The van der Waals surface area contributed by atoms with Crippen molar-refractivity contribution in [2.24, 2.45) is 0 Å². The maximum atomic E-state index is 12.1. The second-order valence-corrected chi connectivity index (χ2v) is 8.73. The molecular formula is C16H21N5O2S. The fourth-order valence-corrected chi connectivity index (χ4v) is 4.20. The van der Waals surface area contributed by atoms with Gasteiger partial charge in [0, 0.05) is 42.9 Å². The third-order valence-electron chi connectivity index (χ3n) is 5.01. The average molecular weight is 347 g/mol. The van der Waals surface area contributed by atoms with Crippen molar-refractivity contribution in [1.29, 1.82) is 0 Å². The van der Waals surface area contributed by atoms with Gasteiger partial charge in [0.05, 0.1) is 11.9 Å². The van der Waals surface area contributed by atoms with Gasteiger partial charge in [-0.05, 0) is 19.8 Å². The summed E-state index contributed by atoms with van der Waals surface area (Å²) in [5, 5.41) is 7.71. The van der Waals surface area contributed by atoms with Crippen LogP contribution in [0.2, 0.25) is 0 Å². The minimum Gasteiger partial charge on any atom is -0.351 e. The molecule has 1 N–H and O–H groups in total. The Labute approximate surface area is 141 Å². The summed E-state index contributed by atoms with van der Waals surface area (Å²) >= 11 is 0. The number of hydrogen-bond acceptors (Lipinski definition) is 6. The van der Waals surface area contributed by atoms with Gasteiger partial charge in [-0.3, -0.25) is 5.10 Å². The van der Waals surface area contributed by atoms with E-state index < -0.39 is 9.84 Å². The van der Waals surface area contributed by atoms with E-state index in [9.17, 15) is 8.42 Å². The summed E-state index contributed by atoms with van der Waals surface area (Å²) < 4.78 is 24.2. The van der Waals surface area contributed by atoms with Crippen molar-refractivity contribution in [2.45, 2.75) is 50.0 Å². The quantitative estimate of drug-likeness (QED) is 0.909. The summed E-state index contributed by atoms with van der Waals surface area (Å²) in [5.41, 5.74) is 3.56. The number of nitrogens with zero attached hydrogens (tertiary/aromatic N) is 4. The molecule has 3 heterocycles. The molecule has 2 aromatic rings. The number of aryl methyl sites for hydroxylation is 1. The lowest BCUT2D eigenvalue weighted by Gasteiger charge is -2.31. The first-order chi connectivity index (χ1) is 11.4. The molecule has 0 spiro atoms. The molecular weight excluding hydrogens is 326 g/mol. The van der Waals surface area contributed by atoms with Crippen LogP contribution in [0.25, 0.3) is 0 Å². The SMILES string of the molecule is Cc1ncc(S(C)(=O)=O)c(N2CCc3[nH]nc(C4CCC4)c3C2)n1. The first-order valence-electron chi connectivity index (χ1n) is 8.28. The van der Waals surface area contributed by atoms with Crippen molar-refractivity contribution in [3.8, 4) is 0 Å². The minimum absolute atomic E-state index is 0.199. The van der Waals surface area contributed by atoms with E-state index in [1.165, 1.54) is 43.0 Å². The molecule has 0 aromatic carbocycles. The van der Waals surface area contributed by atoms with Gasteiger partial charge in [-0.15, -0.1) is 0 Å². The van der Waals surface area contributed by atoms with Crippen LogP contribution in [0.15, 0.2) is 11.1 Å². The highest BCUT2D eigenvalue weighted by molar-refractivity contribution is 7.90. The third-order valence-corrected chi connectivity index (χ3v) is 6.10. The highest BCUT2D eigenvalue weighted by Gasteiger charge is 2.31. The van der Waals surface area contributed by atoms with Crippen LogP contribution in [-0.4, -0.2) is 41.4 Å². The molecule has 0 atom stereocenters. The van der Waals surface area contributed by atoms with Crippen molar-refractivity contribution in [2.75, 3.05) is 17.7 Å². The largest absolute Gasteiger partial charge is 0.351 e. The average Bonchev–Trinajstić information content (AvgIpc) is 2.87. The second-order valence-electron chi connectivity index (χ2n) is 6.74. The Bertz CT molecular complexity index is 886. The van der Waals surface area contributed by atoms with Crippen molar-refractivity contribution >= 4 is 15.7 Å². The molecule has 1 aliphatic heterocycles. The second kappa shape index (κ2) is 5.54. The predicted molar refractivity (Wildman–Crippen MR) is 89.8 cm³/mol. The zero-order chi connectivity index (χ0) is 16.9. The lowest BCUT2D eigenvalue weighted by molar-refractivity contribution is 0.408. The molecule has 4 rings (SSSR count). The number of aromatic amines is 1. The van der Waals surface area contributed by atoms with Gasteiger partial charge in [0.25, 0.3) is 0 Å². The van der Waals surface area contributed by atoms with Crippen LogP contribution >= 0.6 is 0 Å². The molecule has 128 valence electrons. The number of rotatable bonds is 3. The molecule has 2 aromatic heterocycles. The van der Waals surface area contributed by atoms with Gasteiger partial charge in [0.2, 0.25) is 0 Å². The van der Waals surface area contributed by atoms with Crippen molar-refractivity contribution in [1.82, 2.24) is 20.2 Å². The molecule has 1 saturated carbocycles. The molecule has 8 heteroatoms. The predicted octanol–water partition coefficient (Wildman–Crippen LogP) is 1.74. The molecule has 2 aliphatic rings. The molecule has 0 saturated heterocycles. The molecule has 0 unspecified atom stereocenters. The molecule has 1 aliphatic carbocycles. The summed E-state index contributed by atoms with van der Waals surface area (Å²) in [6.45, 7) is 3.15. The molecule has 1 fully saturated rings. The third kappa shape index (κ3) is 2.58. The van der Waals surface area contributed by atoms with Crippen LogP contribution in [0.3, 0.4) is 0 Å². The van der Waals surface area contributed by atoms with E-state index in [0.717, 1.165) is 18.7 Å². The molecule has 7 nitrogen and oxygen atoms in total. The summed E-state index contributed by atoms with van der Waals surface area (Å²) in [6.07, 6.45) is 7.10. The molecule has 0 bridgehead atoms. The van der Waals surface area contributed by atoms with E-state index in [1.54, 1.807) is 6.92 Å². The topological polar surface area (TPSA) is 91.8 Å². The number of aromatic nitrogens is 4. The first-order valence-corrected chi connectivity index (χ1v) is 10.2. The van der Waals surface area contributed by atoms with Crippen molar-refractivity contribution < 1.29 is 8.42 Å². The summed E-state index contributed by atoms with van der Waals surface area (Å²) in [4.78, 5) is 10.7. The van der Waals surface area contributed by atoms with Gasteiger partial charge in [-0.2, -0.15) is 5.10 Å². The number of anilines is 1. The van der Waals surface area contributed by atoms with E-state index in [2.05, 4.69) is 20.2 Å². The van der Waals surface area contributed by atoms with E-state index >= 15 is 0 Å². The van der Waals surface area contributed by atoms with E-state index in [-0.39, 0.29) is 4.90 Å². The van der Waals surface area contributed by atoms with Gasteiger partial charge in [0.15, 0.2) is 15.7 Å². The highest BCUT2D eigenvalue weighted by atomic mass is 32.2. The monoisotopic (exact) mass is 347 g/mol. The number of nitrogens with one attached hydrogen (secondary N) is 1. The molecule has 0 amide bonds. The van der Waals surface area contributed by atoms with Crippen LogP contribution in [0.1, 0.15) is 48.0 Å². The minimum atomic E-state index is -3.37. The standard InChI is InChI=1S/C16H21N5O2S/c1-10-17-8-14(24(2,22)23)16(18-10)21-7-6-13-12(9-21)15(20-19-13)11-4-3-5-11/h8,11H,3-7,9H2,1-2H3,(H,19,20). The summed E-state index contributed by atoms with van der Waals surface area (Å²) in [5.74, 6) is 1.64. The van der Waals surface area contributed by atoms with Crippen LogP contribution in [0, 0.1) is 6.92 Å². The number of H-pyrrole nitrogens is 1. The van der Waals surface area contributed by atoms with Gasteiger partial charge in [-0.1, -0.05) is 6.42 Å². The first kappa shape index (κ1) is 15.6. The number of fused-ring (bicyclic) bond motifs is 1. The normalized spacial score (nSPS) is 18.3. The maximum Gasteiger partial charge on any atom is 0.180 e. The Morgan fingerprint density at radius 3 is 2.79 bits per heavy atom.